The van der Waals surface area contributed by atoms with E-state index in [1.54, 1.807) is 7.11 Å². The van der Waals surface area contributed by atoms with E-state index in [9.17, 15) is 0 Å². The van der Waals surface area contributed by atoms with Gasteiger partial charge in [-0.25, -0.2) is 0 Å². The SMILES string of the molecule is COc1cccc(CNCC2CCOCO2)c1. The van der Waals surface area contributed by atoms with E-state index in [0.29, 0.717) is 6.79 Å². The normalized spacial score (nSPS) is 20.2. The maximum atomic E-state index is 5.45. The third kappa shape index (κ3) is 4.00. The van der Waals surface area contributed by atoms with Gasteiger partial charge >= 0.3 is 0 Å². The summed E-state index contributed by atoms with van der Waals surface area (Å²) in [5.74, 6) is 0.895. The largest absolute Gasteiger partial charge is 0.497 e. The fourth-order valence-corrected chi connectivity index (χ4v) is 1.82. The summed E-state index contributed by atoms with van der Waals surface area (Å²) < 4.78 is 15.8. The molecule has 17 heavy (non-hydrogen) atoms. The summed E-state index contributed by atoms with van der Waals surface area (Å²) >= 11 is 0. The van der Waals surface area contributed by atoms with Gasteiger partial charge in [-0.15, -0.1) is 0 Å². The van der Waals surface area contributed by atoms with Crippen LogP contribution in [0.25, 0.3) is 0 Å². The van der Waals surface area contributed by atoms with Gasteiger partial charge in [-0.2, -0.15) is 0 Å². The Morgan fingerprint density at radius 1 is 1.47 bits per heavy atom. The molecule has 2 rings (SSSR count). The van der Waals surface area contributed by atoms with Crippen molar-refractivity contribution in [2.75, 3.05) is 27.1 Å². The molecular formula is C13H19NO3. The summed E-state index contributed by atoms with van der Waals surface area (Å²) in [5.41, 5.74) is 1.22. The maximum absolute atomic E-state index is 5.45. The van der Waals surface area contributed by atoms with Crippen molar-refractivity contribution in [1.29, 1.82) is 0 Å². The molecule has 1 aromatic carbocycles. The molecule has 4 nitrogen and oxygen atoms in total. The first-order chi connectivity index (χ1) is 8.38. The lowest BCUT2D eigenvalue weighted by Crippen LogP contribution is -2.33. The standard InChI is InChI=1S/C13H19NO3/c1-15-12-4-2-3-11(7-12)8-14-9-13-5-6-16-10-17-13/h2-4,7,13-14H,5-6,8-10H2,1H3. The van der Waals surface area contributed by atoms with E-state index < -0.39 is 0 Å². The van der Waals surface area contributed by atoms with Crippen LogP contribution >= 0.6 is 0 Å². The summed E-state index contributed by atoms with van der Waals surface area (Å²) in [4.78, 5) is 0. The number of hydrogen-bond acceptors (Lipinski definition) is 4. The van der Waals surface area contributed by atoms with E-state index in [1.807, 2.05) is 18.2 Å². The van der Waals surface area contributed by atoms with E-state index in [1.165, 1.54) is 5.56 Å². The first kappa shape index (κ1) is 12.4. The molecule has 1 saturated heterocycles. The van der Waals surface area contributed by atoms with Crippen molar-refractivity contribution < 1.29 is 14.2 Å². The van der Waals surface area contributed by atoms with Crippen LogP contribution in [0.1, 0.15) is 12.0 Å². The van der Waals surface area contributed by atoms with E-state index in [2.05, 4.69) is 11.4 Å². The minimum Gasteiger partial charge on any atom is -0.497 e. The Kier molecular flexibility index (Phi) is 4.79. The highest BCUT2D eigenvalue weighted by molar-refractivity contribution is 5.28. The average Bonchev–Trinajstić information content (AvgIpc) is 2.40. The van der Waals surface area contributed by atoms with E-state index >= 15 is 0 Å². The third-order valence-electron chi connectivity index (χ3n) is 2.81. The van der Waals surface area contributed by atoms with E-state index in [0.717, 1.165) is 31.9 Å². The zero-order chi connectivity index (χ0) is 11.9. The van der Waals surface area contributed by atoms with Gasteiger partial charge in [0.05, 0.1) is 19.8 Å². The molecule has 1 unspecified atom stereocenters. The maximum Gasteiger partial charge on any atom is 0.147 e. The summed E-state index contributed by atoms with van der Waals surface area (Å²) in [6, 6.07) is 8.07. The Morgan fingerprint density at radius 3 is 3.18 bits per heavy atom. The Morgan fingerprint density at radius 2 is 2.41 bits per heavy atom. The van der Waals surface area contributed by atoms with Crippen molar-refractivity contribution in [3.05, 3.63) is 29.8 Å². The molecule has 0 spiro atoms. The van der Waals surface area contributed by atoms with Crippen molar-refractivity contribution in [3.63, 3.8) is 0 Å². The van der Waals surface area contributed by atoms with Crippen LogP contribution in [0.3, 0.4) is 0 Å². The Labute approximate surface area is 102 Å². The van der Waals surface area contributed by atoms with Gasteiger partial charge in [0, 0.05) is 13.1 Å². The molecule has 0 saturated carbocycles. The van der Waals surface area contributed by atoms with Gasteiger partial charge in [-0.1, -0.05) is 12.1 Å². The topological polar surface area (TPSA) is 39.7 Å². The molecule has 1 N–H and O–H groups in total. The number of benzene rings is 1. The summed E-state index contributed by atoms with van der Waals surface area (Å²) in [5, 5.41) is 3.39. The number of hydrogen-bond donors (Lipinski definition) is 1. The molecule has 0 aromatic heterocycles. The quantitative estimate of drug-likeness (QED) is 0.843. The van der Waals surface area contributed by atoms with Gasteiger partial charge in [0.25, 0.3) is 0 Å². The zero-order valence-electron chi connectivity index (χ0n) is 10.1. The highest BCUT2D eigenvalue weighted by Crippen LogP contribution is 2.12. The predicted octanol–water partition coefficient (Wildman–Crippen LogP) is 1.55. The number of ether oxygens (including phenoxy) is 3. The predicted molar refractivity (Wildman–Crippen MR) is 65.0 cm³/mol. The summed E-state index contributed by atoms with van der Waals surface area (Å²) in [6.07, 6.45) is 1.24. The van der Waals surface area contributed by atoms with E-state index in [-0.39, 0.29) is 6.10 Å². The number of rotatable bonds is 5. The molecule has 1 fully saturated rings. The van der Waals surface area contributed by atoms with Crippen LogP contribution < -0.4 is 10.1 Å². The molecule has 1 heterocycles. The molecule has 0 bridgehead atoms. The first-order valence-electron chi connectivity index (χ1n) is 5.91. The van der Waals surface area contributed by atoms with Gasteiger partial charge in [0.1, 0.15) is 12.5 Å². The Balaban J connectivity index is 1.73. The van der Waals surface area contributed by atoms with Crippen molar-refractivity contribution in [3.8, 4) is 5.75 Å². The van der Waals surface area contributed by atoms with Crippen molar-refractivity contribution in [1.82, 2.24) is 5.32 Å². The minimum atomic E-state index is 0.273. The molecular weight excluding hydrogens is 218 g/mol. The second kappa shape index (κ2) is 6.59. The van der Waals surface area contributed by atoms with Crippen LogP contribution in [0.4, 0.5) is 0 Å². The molecule has 4 heteroatoms. The van der Waals surface area contributed by atoms with Crippen LogP contribution in [0.5, 0.6) is 5.75 Å². The lowest BCUT2D eigenvalue weighted by molar-refractivity contribution is -0.137. The summed E-state index contributed by atoms with van der Waals surface area (Å²) in [6.45, 7) is 2.91. The molecule has 0 aliphatic carbocycles. The number of nitrogens with one attached hydrogen (secondary N) is 1. The lowest BCUT2D eigenvalue weighted by Gasteiger charge is -2.23. The minimum absolute atomic E-state index is 0.273. The van der Waals surface area contributed by atoms with Crippen molar-refractivity contribution in [2.24, 2.45) is 0 Å². The molecule has 1 aromatic rings. The fourth-order valence-electron chi connectivity index (χ4n) is 1.82. The lowest BCUT2D eigenvalue weighted by atomic mass is 10.2. The second-order valence-electron chi connectivity index (χ2n) is 4.09. The monoisotopic (exact) mass is 237 g/mol. The Bertz CT molecular complexity index is 337. The van der Waals surface area contributed by atoms with Gasteiger partial charge in [0.15, 0.2) is 0 Å². The average molecular weight is 237 g/mol. The molecule has 1 aliphatic heterocycles. The van der Waals surface area contributed by atoms with E-state index in [4.69, 9.17) is 14.2 Å². The highest BCUT2D eigenvalue weighted by Gasteiger charge is 2.13. The zero-order valence-corrected chi connectivity index (χ0v) is 10.1. The smallest absolute Gasteiger partial charge is 0.147 e. The van der Waals surface area contributed by atoms with Crippen LogP contribution in [-0.4, -0.2) is 33.2 Å². The van der Waals surface area contributed by atoms with Crippen LogP contribution in [0.15, 0.2) is 24.3 Å². The molecule has 0 amide bonds. The van der Waals surface area contributed by atoms with Crippen LogP contribution in [0.2, 0.25) is 0 Å². The van der Waals surface area contributed by atoms with Crippen molar-refractivity contribution >= 4 is 0 Å². The van der Waals surface area contributed by atoms with Crippen LogP contribution in [-0.2, 0) is 16.0 Å². The van der Waals surface area contributed by atoms with Crippen molar-refractivity contribution in [2.45, 2.75) is 19.1 Å². The van der Waals surface area contributed by atoms with Gasteiger partial charge in [-0.3, -0.25) is 0 Å². The van der Waals surface area contributed by atoms with Gasteiger partial charge in [-0.05, 0) is 24.1 Å². The number of methoxy groups -OCH3 is 1. The first-order valence-corrected chi connectivity index (χ1v) is 5.91. The second-order valence-corrected chi connectivity index (χ2v) is 4.09. The van der Waals surface area contributed by atoms with Gasteiger partial charge < -0.3 is 19.5 Å². The Hall–Kier alpha value is -1.10. The molecule has 1 atom stereocenters. The molecule has 0 radical (unpaired) electrons. The van der Waals surface area contributed by atoms with Gasteiger partial charge in [0.2, 0.25) is 0 Å². The fraction of sp³-hybridized carbons (Fsp3) is 0.538. The highest BCUT2D eigenvalue weighted by atomic mass is 16.7. The third-order valence-corrected chi connectivity index (χ3v) is 2.81. The summed E-state index contributed by atoms with van der Waals surface area (Å²) in [7, 11) is 1.68. The van der Waals surface area contributed by atoms with Crippen LogP contribution in [0, 0.1) is 0 Å². The molecule has 1 aliphatic rings. The molecule has 94 valence electrons.